The molecule has 0 unspecified atom stereocenters. The highest BCUT2D eigenvalue weighted by molar-refractivity contribution is 5.63. The maximum absolute atomic E-state index is 14.2. The molecule has 2 aliphatic carbocycles. The van der Waals surface area contributed by atoms with Crippen molar-refractivity contribution in [3.05, 3.63) is 63.6 Å². The van der Waals surface area contributed by atoms with Crippen LogP contribution in [0.5, 0.6) is 0 Å². The molecule has 8 heteroatoms. The Labute approximate surface area is 159 Å². The van der Waals surface area contributed by atoms with Crippen LogP contribution in [0.2, 0.25) is 0 Å². The predicted octanol–water partition coefficient (Wildman–Crippen LogP) is 3.31. The van der Waals surface area contributed by atoms with E-state index in [1.165, 1.54) is 29.9 Å². The molecule has 0 saturated heterocycles. The van der Waals surface area contributed by atoms with Gasteiger partial charge < -0.3 is 4.42 Å². The summed E-state index contributed by atoms with van der Waals surface area (Å²) in [6, 6.07) is 5.44. The van der Waals surface area contributed by atoms with Gasteiger partial charge in [0.15, 0.2) is 0 Å². The zero-order valence-corrected chi connectivity index (χ0v) is 15.7. The normalized spacial score (nSPS) is 24.5. The summed E-state index contributed by atoms with van der Waals surface area (Å²) in [7, 11) is 1.54. The fourth-order valence-electron chi connectivity index (χ4n) is 5.18. The summed E-state index contributed by atoms with van der Waals surface area (Å²) in [6.07, 6.45) is 1.56. The first-order valence-electron chi connectivity index (χ1n) is 9.14. The van der Waals surface area contributed by atoms with Gasteiger partial charge in [0.2, 0.25) is 5.89 Å². The molecule has 5 rings (SSSR count). The van der Waals surface area contributed by atoms with Crippen LogP contribution in [0, 0.1) is 17.0 Å². The first-order valence-corrected chi connectivity index (χ1v) is 9.14. The van der Waals surface area contributed by atoms with E-state index in [9.17, 15) is 13.6 Å². The van der Waals surface area contributed by atoms with E-state index in [0.717, 1.165) is 18.4 Å². The van der Waals surface area contributed by atoms with Crippen LogP contribution in [0.1, 0.15) is 49.8 Å². The Morgan fingerprint density at radius 3 is 2.57 bits per heavy atom. The Balaban J connectivity index is 1.75. The van der Waals surface area contributed by atoms with Crippen molar-refractivity contribution in [3.63, 3.8) is 0 Å². The first kappa shape index (κ1) is 17.2. The summed E-state index contributed by atoms with van der Waals surface area (Å²) in [4.78, 5) is 11.9. The number of aromatic nitrogens is 4. The van der Waals surface area contributed by atoms with Gasteiger partial charge in [0.05, 0.1) is 22.4 Å². The zero-order valence-electron chi connectivity index (χ0n) is 15.7. The highest BCUT2D eigenvalue weighted by Crippen LogP contribution is 2.69. The van der Waals surface area contributed by atoms with Crippen molar-refractivity contribution >= 4 is 0 Å². The van der Waals surface area contributed by atoms with E-state index < -0.39 is 22.8 Å². The Morgan fingerprint density at radius 2 is 1.93 bits per heavy atom. The summed E-state index contributed by atoms with van der Waals surface area (Å²) >= 11 is 0. The lowest BCUT2D eigenvalue weighted by molar-refractivity contribution is 0.203. The minimum Gasteiger partial charge on any atom is -0.391 e. The van der Waals surface area contributed by atoms with Crippen LogP contribution in [-0.4, -0.2) is 20.0 Å². The first-order chi connectivity index (χ1) is 13.3. The lowest BCUT2D eigenvalue weighted by Crippen LogP contribution is -2.37. The molecule has 1 aromatic carbocycles. The SMILES string of the molecule is Cn1nc([C@]23CC[C@H](c4cc(-c5c(F)cccc5F)nnc42)C3(C)C)oc1=O. The number of halogens is 2. The van der Waals surface area contributed by atoms with Gasteiger partial charge in [0.25, 0.3) is 0 Å². The van der Waals surface area contributed by atoms with Gasteiger partial charge in [-0.3, -0.25) is 0 Å². The Morgan fingerprint density at radius 1 is 1.21 bits per heavy atom. The van der Waals surface area contributed by atoms with Crippen LogP contribution in [0.3, 0.4) is 0 Å². The number of aryl methyl sites for hydroxylation is 1. The quantitative estimate of drug-likeness (QED) is 0.678. The van der Waals surface area contributed by atoms with Crippen molar-refractivity contribution in [3.8, 4) is 11.3 Å². The van der Waals surface area contributed by atoms with E-state index in [4.69, 9.17) is 4.42 Å². The van der Waals surface area contributed by atoms with E-state index >= 15 is 0 Å². The molecule has 0 amide bonds. The maximum Gasteiger partial charge on any atom is 0.436 e. The predicted molar refractivity (Wildman–Crippen MR) is 95.7 cm³/mol. The molecule has 0 aliphatic heterocycles. The molecule has 2 heterocycles. The average Bonchev–Trinajstić information content (AvgIpc) is 3.18. The van der Waals surface area contributed by atoms with Gasteiger partial charge in [0, 0.05) is 7.05 Å². The van der Waals surface area contributed by atoms with Crippen molar-refractivity contribution in [1.82, 2.24) is 20.0 Å². The number of hydrogen-bond donors (Lipinski definition) is 0. The number of nitrogens with zero attached hydrogens (tertiary/aromatic N) is 4. The zero-order chi connectivity index (χ0) is 19.8. The van der Waals surface area contributed by atoms with E-state index in [1.54, 1.807) is 6.07 Å². The molecule has 144 valence electrons. The Kier molecular flexibility index (Phi) is 3.28. The topological polar surface area (TPSA) is 73.8 Å². The second-order valence-corrected chi connectivity index (χ2v) is 8.15. The molecule has 6 nitrogen and oxygen atoms in total. The standard InChI is InChI=1S/C20H18F2N4O2/c1-19(2)11-7-8-20(19,17-25-26(3)18(27)28-17)16-10(11)9-14(23-24-16)15-12(21)5-4-6-13(15)22/h4-6,9,11H,7-8H2,1-3H3/t11-,20+/m1/s1. The molecule has 2 aromatic heterocycles. The lowest BCUT2D eigenvalue weighted by Gasteiger charge is -2.34. The second kappa shape index (κ2) is 5.33. The van der Waals surface area contributed by atoms with Gasteiger partial charge in [-0.1, -0.05) is 19.9 Å². The summed E-state index contributed by atoms with van der Waals surface area (Å²) in [6.45, 7) is 4.18. The molecule has 2 atom stereocenters. The van der Waals surface area contributed by atoms with Crippen LogP contribution in [0.25, 0.3) is 11.3 Å². The van der Waals surface area contributed by atoms with Gasteiger partial charge >= 0.3 is 5.76 Å². The molecule has 1 fully saturated rings. The molecular formula is C20H18F2N4O2. The largest absolute Gasteiger partial charge is 0.436 e. The van der Waals surface area contributed by atoms with Crippen LogP contribution in [-0.2, 0) is 12.5 Å². The van der Waals surface area contributed by atoms with Crippen LogP contribution >= 0.6 is 0 Å². The third kappa shape index (κ3) is 1.90. The summed E-state index contributed by atoms with van der Waals surface area (Å²) in [5, 5.41) is 12.8. The third-order valence-electron chi connectivity index (χ3n) is 6.66. The number of fused-ring (bicyclic) bond motifs is 5. The molecule has 0 radical (unpaired) electrons. The lowest BCUT2D eigenvalue weighted by atomic mass is 9.68. The molecule has 3 aromatic rings. The highest BCUT2D eigenvalue weighted by Gasteiger charge is 2.67. The fraction of sp³-hybridized carbons (Fsp3) is 0.400. The van der Waals surface area contributed by atoms with Crippen LogP contribution < -0.4 is 5.76 Å². The highest BCUT2D eigenvalue weighted by atomic mass is 19.1. The minimum absolute atomic E-state index is 0.0962. The number of rotatable bonds is 2. The second-order valence-electron chi connectivity index (χ2n) is 8.15. The van der Waals surface area contributed by atoms with Gasteiger partial charge in [-0.25, -0.2) is 13.6 Å². The number of benzene rings is 1. The van der Waals surface area contributed by atoms with Gasteiger partial charge in [-0.05, 0) is 47.9 Å². The fourth-order valence-corrected chi connectivity index (χ4v) is 5.18. The smallest absolute Gasteiger partial charge is 0.391 e. The van der Waals surface area contributed by atoms with E-state index in [0.29, 0.717) is 11.6 Å². The molecule has 0 N–H and O–H groups in total. The molecule has 1 saturated carbocycles. The van der Waals surface area contributed by atoms with Gasteiger partial charge in [-0.2, -0.15) is 9.78 Å². The molecule has 2 aliphatic rings. The number of hydrogen-bond acceptors (Lipinski definition) is 5. The van der Waals surface area contributed by atoms with Crippen molar-refractivity contribution < 1.29 is 13.2 Å². The molecule has 28 heavy (non-hydrogen) atoms. The van der Waals surface area contributed by atoms with Crippen molar-refractivity contribution in [2.24, 2.45) is 12.5 Å². The van der Waals surface area contributed by atoms with Crippen molar-refractivity contribution in [2.45, 2.75) is 38.0 Å². The average molecular weight is 384 g/mol. The summed E-state index contributed by atoms with van der Waals surface area (Å²) in [5.74, 6) is -1.47. The minimum atomic E-state index is -0.688. The maximum atomic E-state index is 14.2. The Hall–Kier alpha value is -2.90. The van der Waals surface area contributed by atoms with Crippen LogP contribution in [0.15, 0.2) is 33.5 Å². The van der Waals surface area contributed by atoms with Crippen molar-refractivity contribution in [1.29, 1.82) is 0 Å². The van der Waals surface area contributed by atoms with Crippen molar-refractivity contribution in [2.75, 3.05) is 0 Å². The Bertz CT molecular complexity index is 1160. The monoisotopic (exact) mass is 384 g/mol. The van der Waals surface area contributed by atoms with E-state index in [2.05, 4.69) is 29.1 Å². The summed E-state index contributed by atoms with van der Waals surface area (Å²) in [5.41, 5.74) is 0.522. The van der Waals surface area contributed by atoms with E-state index in [1.807, 2.05) is 0 Å². The van der Waals surface area contributed by atoms with Gasteiger partial charge in [0.1, 0.15) is 11.6 Å². The summed E-state index contributed by atoms with van der Waals surface area (Å²) < 4.78 is 35.1. The van der Waals surface area contributed by atoms with Crippen LogP contribution in [0.4, 0.5) is 8.78 Å². The van der Waals surface area contributed by atoms with E-state index in [-0.39, 0.29) is 22.6 Å². The third-order valence-corrected chi connectivity index (χ3v) is 6.66. The van der Waals surface area contributed by atoms with Gasteiger partial charge in [-0.15, -0.1) is 10.2 Å². The molecule has 2 bridgehead atoms. The molecule has 0 spiro atoms. The molecular weight excluding hydrogens is 366 g/mol.